The Labute approximate surface area is 137 Å². The third-order valence-corrected chi connectivity index (χ3v) is 4.83. The molecule has 1 aliphatic heterocycles. The van der Waals surface area contributed by atoms with Crippen LogP contribution in [0, 0.1) is 15.9 Å². The number of carbonyl (C=O) groups excluding carboxylic acids is 2. The molecule has 8 heteroatoms. The van der Waals surface area contributed by atoms with E-state index in [1.807, 2.05) is 0 Å². The van der Waals surface area contributed by atoms with Crippen LogP contribution >= 0.6 is 0 Å². The molecule has 0 bridgehead atoms. The number of urea groups is 1. The predicted molar refractivity (Wildman–Crippen MR) is 81.2 cm³/mol. The zero-order chi connectivity index (χ0) is 17.6. The summed E-state index contributed by atoms with van der Waals surface area (Å²) >= 11 is 0. The van der Waals surface area contributed by atoms with Gasteiger partial charge in [-0.1, -0.05) is 12.1 Å². The third-order valence-electron chi connectivity index (χ3n) is 4.83. The van der Waals surface area contributed by atoms with Crippen molar-refractivity contribution in [2.24, 2.45) is 0 Å². The van der Waals surface area contributed by atoms with E-state index in [4.69, 9.17) is 0 Å². The number of amides is 3. The number of allylic oxidation sites excluding steroid dienone is 1. The SMILES string of the molecule is CC1=C([N+](=O)[O-])C(=O)N(Cc2ccc(F)cc2)C(=O)[N+]1(C)C1CC1. The highest BCUT2D eigenvalue weighted by molar-refractivity contribution is 6.03. The molecule has 1 aliphatic carbocycles. The van der Waals surface area contributed by atoms with E-state index in [1.54, 1.807) is 7.05 Å². The monoisotopic (exact) mass is 334 g/mol. The quantitative estimate of drug-likeness (QED) is 0.481. The van der Waals surface area contributed by atoms with E-state index < -0.39 is 28.4 Å². The Kier molecular flexibility index (Phi) is 3.71. The van der Waals surface area contributed by atoms with E-state index in [9.17, 15) is 24.1 Å². The molecule has 0 N–H and O–H groups in total. The Hall–Kier alpha value is -2.61. The number of quaternary nitrogens is 1. The number of carbonyl (C=O) groups is 2. The Morgan fingerprint density at radius 2 is 1.88 bits per heavy atom. The molecule has 0 spiro atoms. The molecule has 7 nitrogen and oxygen atoms in total. The van der Waals surface area contributed by atoms with E-state index in [0.29, 0.717) is 5.56 Å². The molecule has 126 valence electrons. The molecule has 2 aliphatic rings. The summed E-state index contributed by atoms with van der Waals surface area (Å²) in [5.74, 6) is -1.35. The number of rotatable bonds is 4. The second-order valence-electron chi connectivity index (χ2n) is 6.30. The number of nitrogens with zero attached hydrogens (tertiary/aromatic N) is 3. The standard InChI is InChI=1S/C16H17FN3O4/c1-10-14(19(23)24)15(21)18(9-11-3-5-12(17)6-4-11)16(22)20(10,2)13-7-8-13/h3-6,13H,7-9H2,1-2H3/q+1. The zero-order valence-corrected chi connectivity index (χ0v) is 13.4. The summed E-state index contributed by atoms with van der Waals surface area (Å²) < 4.78 is 12.8. The lowest BCUT2D eigenvalue weighted by molar-refractivity contribution is -0.810. The molecular weight excluding hydrogens is 317 g/mol. The normalized spacial score (nSPS) is 24.5. The van der Waals surface area contributed by atoms with E-state index in [1.165, 1.54) is 31.2 Å². The summed E-state index contributed by atoms with van der Waals surface area (Å²) in [6.07, 6.45) is 1.56. The first kappa shape index (κ1) is 16.3. The molecular formula is C16H17FN3O4+. The van der Waals surface area contributed by atoms with Crippen molar-refractivity contribution in [3.05, 3.63) is 57.2 Å². The minimum atomic E-state index is -0.914. The number of hydrogen-bond acceptors (Lipinski definition) is 4. The van der Waals surface area contributed by atoms with Gasteiger partial charge in [-0.2, -0.15) is 0 Å². The van der Waals surface area contributed by atoms with Crippen LogP contribution in [0.25, 0.3) is 0 Å². The molecule has 0 aromatic heterocycles. The Balaban J connectivity index is 2.03. The number of nitro groups is 1. The number of imide groups is 1. The van der Waals surface area contributed by atoms with Gasteiger partial charge in [-0.25, -0.2) is 18.6 Å². The van der Waals surface area contributed by atoms with Crippen molar-refractivity contribution >= 4 is 11.9 Å². The van der Waals surface area contributed by atoms with Gasteiger partial charge in [-0.3, -0.25) is 14.9 Å². The van der Waals surface area contributed by atoms with E-state index in [2.05, 4.69) is 0 Å². The lowest BCUT2D eigenvalue weighted by Gasteiger charge is -2.37. The third kappa shape index (κ3) is 2.39. The molecule has 1 saturated carbocycles. The largest absolute Gasteiger partial charge is 0.431 e. The summed E-state index contributed by atoms with van der Waals surface area (Å²) in [6, 6.07) is 4.83. The van der Waals surface area contributed by atoms with E-state index in [-0.39, 0.29) is 22.8 Å². The molecule has 1 aromatic carbocycles. The molecule has 1 unspecified atom stereocenters. The molecule has 1 fully saturated rings. The van der Waals surface area contributed by atoms with Gasteiger partial charge in [-0.15, -0.1) is 0 Å². The van der Waals surface area contributed by atoms with Gasteiger partial charge >= 0.3 is 17.6 Å². The van der Waals surface area contributed by atoms with Crippen molar-refractivity contribution in [1.29, 1.82) is 0 Å². The smallest absolute Gasteiger partial charge is 0.261 e. The van der Waals surface area contributed by atoms with Crippen LogP contribution in [0.1, 0.15) is 25.3 Å². The van der Waals surface area contributed by atoms with Gasteiger partial charge in [0.05, 0.1) is 18.5 Å². The van der Waals surface area contributed by atoms with Crippen LogP contribution in [0.4, 0.5) is 9.18 Å². The van der Waals surface area contributed by atoms with E-state index >= 15 is 0 Å². The summed E-state index contributed by atoms with van der Waals surface area (Å²) in [5.41, 5.74) is 0.154. The average Bonchev–Trinajstić information content (AvgIpc) is 3.36. The van der Waals surface area contributed by atoms with Crippen LogP contribution in [-0.4, -0.2) is 39.3 Å². The van der Waals surface area contributed by atoms with Crippen molar-refractivity contribution in [2.75, 3.05) is 7.05 Å². The maximum atomic E-state index is 13.0. The topological polar surface area (TPSA) is 80.5 Å². The molecule has 24 heavy (non-hydrogen) atoms. The maximum absolute atomic E-state index is 13.0. The van der Waals surface area contributed by atoms with E-state index in [0.717, 1.165) is 17.7 Å². The zero-order valence-electron chi connectivity index (χ0n) is 13.4. The fourth-order valence-corrected chi connectivity index (χ4v) is 3.13. The van der Waals surface area contributed by atoms with Crippen LogP contribution in [-0.2, 0) is 11.3 Å². The molecule has 1 aromatic rings. The molecule has 3 rings (SSSR count). The van der Waals surface area contributed by atoms with Crippen molar-refractivity contribution in [3.63, 3.8) is 0 Å². The lowest BCUT2D eigenvalue weighted by Crippen LogP contribution is -2.62. The lowest BCUT2D eigenvalue weighted by atomic mass is 10.1. The Morgan fingerprint density at radius 1 is 1.29 bits per heavy atom. The molecule has 1 atom stereocenters. The van der Waals surface area contributed by atoms with Crippen molar-refractivity contribution in [2.45, 2.75) is 32.4 Å². The first-order valence-corrected chi connectivity index (χ1v) is 7.59. The van der Waals surface area contributed by atoms with Crippen LogP contribution in [0.5, 0.6) is 0 Å². The fraction of sp³-hybridized carbons (Fsp3) is 0.375. The van der Waals surface area contributed by atoms with Crippen molar-refractivity contribution in [1.82, 2.24) is 4.90 Å². The highest BCUT2D eigenvalue weighted by Gasteiger charge is 2.60. The predicted octanol–water partition coefficient (Wildman–Crippen LogP) is 2.41. The van der Waals surface area contributed by atoms with Gasteiger partial charge in [0, 0.05) is 19.8 Å². The maximum Gasteiger partial charge on any atom is 0.431 e. The number of halogens is 1. The summed E-state index contributed by atoms with van der Waals surface area (Å²) in [4.78, 5) is 37.0. The first-order valence-electron chi connectivity index (χ1n) is 7.59. The number of hydrogen-bond donors (Lipinski definition) is 0. The second kappa shape index (κ2) is 5.48. The van der Waals surface area contributed by atoms with Gasteiger partial charge < -0.3 is 0 Å². The summed E-state index contributed by atoms with van der Waals surface area (Å²) in [5, 5.41) is 11.4. The van der Waals surface area contributed by atoms with Crippen LogP contribution in [0.2, 0.25) is 0 Å². The first-order chi connectivity index (χ1) is 11.3. The van der Waals surface area contributed by atoms with Crippen LogP contribution in [0.3, 0.4) is 0 Å². The number of benzene rings is 1. The molecule has 0 radical (unpaired) electrons. The fourth-order valence-electron chi connectivity index (χ4n) is 3.13. The van der Waals surface area contributed by atoms with Gasteiger partial charge in [0.25, 0.3) is 0 Å². The van der Waals surface area contributed by atoms with Crippen molar-refractivity contribution < 1.29 is 23.4 Å². The Morgan fingerprint density at radius 3 is 2.38 bits per heavy atom. The molecule has 3 amide bonds. The van der Waals surface area contributed by atoms with Crippen LogP contribution < -0.4 is 0 Å². The van der Waals surface area contributed by atoms with Gasteiger partial charge in [0.15, 0.2) is 5.70 Å². The van der Waals surface area contributed by atoms with Gasteiger partial charge in [0.1, 0.15) is 11.9 Å². The van der Waals surface area contributed by atoms with Gasteiger partial charge in [0.2, 0.25) is 0 Å². The minimum Gasteiger partial charge on any atom is -0.261 e. The molecule has 0 saturated heterocycles. The van der Waals surface area contributed by atoms with Gasteiger partial charge in [-0.05, 0) is 17.7 Å². The highest BCUT2D eigenvalue weighted by atomic mass is 19.1. The molecule has 1 heterocycles. The highest BCUT2D eigenvalue weighted by Crippen LogP contribution is 2.41. The average molecular weight is 334 g/mol. The summed E-state index contributed by atoms with van der Waals surface area (Å²) in [7, 11) is 1.61. The van der Waals surface area contributed by atoms with Crippen molar-refractivity contribution in [3.8, 4) is 0 Å². The Bertz CT molecular complexity index is 770. The summed E-state index contributed by atoms with van der Waals surface area (Å²) in [6.45, 7) is 1.35. The van der Waals surface area contributed by atoms with Crippen LogP contribution in [0.15, 0.2) is 35.7 Å². The second-order valence-corrected chi connectivity index (χ2v) is 6.30. The minimum absolute atomic E-state index is 0.0451.